The summed E-state index contributed by atoms with van der Waals surface area (Å²) in [6.07, 6.45) is 3.30. The van der Waals surface area contributed by atoms with E-state index in [0.29, 0.717) is 5.92 Å². The first-order chi connectivity index (χ1) is 10.3. The second-order valence-corrected chi connectivity index (χ2v) is 6.95. The van der Waals surface area contributed by atoms with Crippen molar-refractivity contribution in [3.8, 4) is 0 Å². The van der Waals surface area contributed by atoms with Gasteiger partial charge in [-0.1, -0.05) is 0 Å². The summed E-state index contributed by atoms with van der Waals surface area (Å²) < 4.78 is 12.5. The lowest BCUT2D eigenvalue weighted by Gasteiger charge is -2.40. The van der Waals surface area contributed by atoms with Crippen LogP contribution in [0.1, 0.15) is 39.7 Å². The predicted octanol–water partition coefficient (Wildman–Crippen LogP) is 2.55. The maximum absolute atomic E-state index is 12.5. The Morgan fingerprint density at radius 1 is 1.45 bits per heavy atom. The van der Waals surface area contributed by atoms with Crippen LogP contribution in [0.4, 0.5) is 10.5 Å². The van der Waals surface area contributed by atoms with Gasteiger partial charge in [0.15, 0.2) is 0 Å². The summed E-state index contributed by atoms with van der Waals surface area (Å²) in [5.41, 5.74) is -0.581. The van der Waals surface area contributed by atoms with Gasteiger partial charge in [0.2, 0.25) is 0 Å². The van der Waals surface area contributed by atoms with E-state index in [0.717, 1.165) is 19.4 Å². The number of carbonyl (C=O) groups excluding carboxylic acids is 1. The van der Waals surface area contributed by atoms with Gasteiger partial charge in [-0.3, -0.25) is 10.1 Å². The van der Waals surface area contributed by atoms with Crippen LogP contribution in [0.25, 0.3) is 0 Å². The van der Waals surface area contributed by atoms with Crippen molar-refractivity contribution >= 4 is 11.8 Å². The zero-order valence-corrected chi connectivity index (χ0v) is 13.2. The third-order valence-corrected chi connectivity index (χ3v) is 4.15. The van der Waals surface area contributed by atoms with Crippen LogP contribution in [0.15, 0.2) is 23.1 Å². The lowest BCUT2D eigenvalue weighted by Crippen LogP contribution is -2.45. The average Bonchev–Trinajstić information content (AvgIpc) is 2.73. The molecule has 6 heteroatoms. The van der Waals surface area contributed by atoms with Crippen LogP contribution < -0.4 is 10.9 Å². The maximum Gasteiger partial charge on any atom is 0.412 e. The number of anilines is 1. The van der Waals surface area contributed by atoms with Crippen molar-refractivity contribution in [3.05, 3.63) is 28.7 Å². The molecular weight excluding hydrogens is 284 g/mol. The zero-order chi connectivity index (χ0) is 15.9. The quantitative estimate of drug-likeness (QED) is 0.911. The van der Waals surface area contributed by atoms with Gasteiger partial charge in [-0.2, -0.15) is 0 Å². The highest BCUT2D eigenvalue weighted by atomic mass is 16.6. The topological polar surface area (TPSA) is 69.6 Å². The molecule has 2 fully saturated rings. The van der Waals surface area contributed by atoms with Gasteiger partial charge in [-0.05, 0) is 51.7 Å². The molecule has 1 amide bonds. The molecule has 2 aliphatic rings. The number of nitrogens with zero attached hydrogens (tertiary/aromatic N) is 1. The van der Waals surface area contributed by atoms with Crippen LogP contribution in [-0.4, -0.2) is 29.0 Å². The SMILES string of the molecule is CC(C)(C)OC(=O)Nc1cccn([C@@H]2C[C@H]3CCO[C@H]32)c1=O. The van der Waals surface area contributed by atoms with E-state index in [2.05, 4.69) is 5.32 Å². The van der Waals surface area contributed by atoms with Crippen molar-refractivity contribution in [2.45, 2.75) is 51.4 Å². The Labute approximate surface area is 129 Å². The number of hydrogen-bond donors (Lipinski definition) is 1. The highest BCUT2D eigenvalue weighted by Crippen LogP contribution is 2.45. The molecule has 22 heavy (non-hydrogen) atoms. The minimum atomic E-state index is -0.619. The molecule has 0 spiro atoms. The molecule has 0 radical (unpaired) electrons. The Morgan fingerprint density at radius 3 is 2.91 bits per heavy atom. The summed E-state index contributed by atoms with van der Waals surface area (Å²) in [5.74, 6) is 0.569. The largest absolute Gasteiger partial charge is 0.444 e. The number of ether oxygens (including phenoxy) is 2. The molecule has 1 saturated carbocycles. The molecule has 0 unspecified atom stereocenters. The molecule has 1 aromatic rings. The van der Waals surface area contributed by atoms with Gasteiger partial charge < -0.3 is 14.0 Å². The van der Waals surface area contributed by atoms with Gasteiger partial charge in [0.25, 0.3) is 5.56 Å². The van der Waals surface area contributed by atoms with E-state index in [1.807, 2.05) is 0 Å². The van der Waals surface area contributed by atoms with Gasteiger partial charge in [0.05, 0.1) is 12.1 Å². The van der Waals surface area contributed by atoms with Crippen LogP contribution >= 0.6 is 0 Å². The van der Waals surface area contributed by atoms with E-state index < -0.39 is 11.7 Å². The summed E-state index contributed by atoms with van der Waals surface area (Å²) in [6.45, 7) is 6.11. The van der Waals surface area contributed by atoms with Crippen molar-refractivity contribution in [3.63, 3.8) is 0 Å². The number of nitrogens with one attached hydrogen (secondary N) is 1. The van der Waals surface area contributed by atoms with Crippen molar-refractivity contribution < 1.29 is 14.3 Å². The smallest absolute Gasteiger partial charge is 0.412 e. The van der Waals surface area contributed by atoms with E-state index in [4.69, 9.17) is 9.47 Å². The average molecular weight is 306 g/mol. The number of rotatable bonds is 2. The predicted molar refractivity (Wildman–Crippen MR) is 82.1 cm³/mol. The third kappa shape index (κ3) is 2.88. The number of aromatic nitrogens is 1. The van der Waals surface area contributed by atoms with Gasteiger partial charge in [0.1, 0.15) is 11.3 Å². The van der Waals surface area contributed by atoms with Gasteiger partial charge in [0, 0.05) is 12.8 Å². The number of fused-ring (bicyclic) bond motifs is 1. The van der Waals surface area contributed by atoms with Crippen LogP contribution in [0.3, 0.4) is 0 Å². The van der Waals surface area contributed by atoms with E-state index in [1.54, 1.807) is 43.7 Å². The molecule has 3 atom stereocenters. The van der Waals surface area contributed by atoms with Gasteiger partial charge >= 0.3 is 6.09 Å². The van der Waals surface area contributed by atoms with Gasteiger partial charge in [-0.15, -0.1) is 0 Å². The van der Waals surface area contributed by atoms with Crippen molar-refractivity contribution in [2.75, 3.05) is 11.9 Å². The van der Waals surface area contributed by atoms with Crippen molar-refractivity contribution in [2.24, 2.45) is 5.92 Å². The van der Waals surface area contributed by atoms with Crippen LogP contribution in [-0.2, 0) is 9.47 Å². The Bertz CT molecular complexity index is 632. The molecule has 3 rings (SSSR count). The standard InChI is InChI=1S/C16H22N2O4/c1-16(2,3)22-15(20)17-11-5-4-7-18(14(11)19)12-9-10-6-8-21-13(10)12/h4-5,7,10,12-13H,6,8-9H2,1-3H3,(H,17,20)/t10-,12-,13-/m1/s1. The lowest BCUT2D eigenvalue weighted by atomic mass is 9.76. The monoisotopic (exact) mass is 306 g/mol. The molecule has 1 aromatic heterocycles. The van der Waals surface area contributed by atoms with Crippen LogP contribution in [0.2, 0.25) is 0 Å². The Kier molecular flexibility index (Phi) is 3.72. The third-order valence-electron chi connectivity index (χ3n) is 4.15. The fourth-order valence-corrected chi connectivity index (χ4v) is 3.13. The number of amides is 1. The summed E-state index contributed by atoms with van der Waals surface area (Å²) in [7, 11) is 0. The normalized spacial score (nSPS) is 27.0. The Morgan fingerprint density at radius 2 is 2.23 bits per heavy atom. The zero-order valence-electron chi connectivity index (χ0n) is 13.2. The van der Waals surface area contributed by atoms with E-state index in [-0.39, 0.29) is 23.4 Å². The second kappa shape index (κ2) is 5.43. The molecular formula is C16H22N2O4. The Balaban J connectivity index is 1.75. The molecule has 0 aromatic carbocycles. The number of hydrogen-bond acceptors (Lipinski definition) is 4. The van der Waals surface area contributed by atoms with E-state index >= 15 is 0 Å². The molecule has 1 saturated heterocycles. The molecule has 1 aliphatic heterocycles. The molecule has 1 N–H and O–H groups in total. The molecule has 1 aliphatic carbocycles. The Hall–Kier alpha value is -1.82. The van der Waals surface area contributed by atoms with Crippen molar-refractivity contribution in [1.29, 1.82) is 0 Å². The molecule has 6 nitrogen and oxygen atoms in total. The minimum absolute atomic E-state index is 0.0698. The minimum Gasteiger partial charge on any atom is -0.444 e. The molecule has 2 heterocycles. The molecule has 120 valence electrons. The lowest BCUT2D eigenvalue weighted by molar-refractivity contribution is -0.0195. The van der Waals surface area contributed by atoms with E-state index in [9.17, 15) is 9.59 Å². The summed E-state index contributed by atoms with van der Waals surface area (Å²) >= 11 is 0. The molecule has 0 bridgehead atoms. The van der Waals surface area contributed by atoms with E-state index in [1.165, 1.54) is 0 Å². The van der Waals surface area contributed by atoms with Crippen LogP contribution in [0.5, 0.6) is 0 Å². The van der Waals surface area contributed by atoms with Crippen LogP contribution in [0, 0.1) is 5.92 Å². The highest BCUT2D eigenvalue weighted by Gasteiger charge is 2.46. The fraction of sp³-hybridized carbons (Fsp3) is 0.625. The van der Waals surface area contributed by atoms with Gasteiger partial charge in [-0.25, -0.2) is 4.79 Å². The summed E-state index contributed by atoms with van der Waals surface area (Å²) in [4.78, 5) is 24.4. The van der Waals surface area contributed by atoms with Crippen molar-refractivity contribution in [1.82, 2.24) is 4.57 Å². The first-order valence-electron chi connectivity index (χ1n) is 7.68. The fourth-order valence-electron chi connectivity index (χ4n) is 3.13. The highest BCUT2D eigenvalue weighted by molar-refractivity contribution is 5.84. The summed E-state index contributed by atoms with van der Waals surface area (Å²) in [6, 6.07) is 3.42. The maximum atomic E-state index is 12.5. The first kappa shape index (κ1) is 15.1. The number of pyridine rings is 1. The number of carbonyl (C=O) groups is 1. The first-order valence-corrected chi connectivity index (χ1v) is 7.68. The summed E-state index contributed by atoms with van der Waals surface area (Å²) in [5, 5.41) is 2.53. The second-order valence-electron chi connectivity index (χ2n) is 6.95.